The molecule has 2 N–H and O–H groups in total. The first kappa shape index (κ1) is 14.8. The molecule has 100 valence electrons. The van der Waals surface area contributed by atoms with Crippen LogP contribution in [0.1, 0.15) is 32.8 Å². The van der Waals surface area contributed by atoms with Gasteiger partial charge in [0.25, 0.3) is 0 Å². The lowest BCUT2D eigenvalue weighted by Gasteiger charge is -2.20. The van der Waals surface area contributed by atoms with Gasteiger partial charge in [-0.15, -0.1) is 0 Å². The van der Waals surface area contributed by atoms with Crippen molar-refractivity contribution in [2.45, 2.75) is 39.7 Å². The molecule has 1 aromatic rings. The molecule has 0 bridgehead atoms. The zero-order chi connectivity index (χ0) is 13.8. The van der Waals surface area contributed by atoms with E-state index in [9.17, 15) is 4.79 Å². The number of hydrogen-bond acceptors (Lipinski definition) is 2. The van der Waals surface area contributed by atoms with Gasteiger partial charge < -0.3 is 10.6 Å². The monoisotopic (exact) mass is 268 g/mol. The van der Waals surface area contributed by atoms with Crippen LogP contribution in [0.2, 0.25) is 5.02 Å². The summed E-state index contributed by atoms with van der Waals surface area (Å²) >= 11 is 6.02. The second-order valence-corrected chi connectivity index (χ2v) is 5.85. The summed E-state index contributed by atoms with van der Waals surface area (Å²) in [6.07, 6.45) is 0.447. The maximum atomic E-state index is 11.6. The first-order valence-electron chi connectivity index (χ1n) is 6.09. The fraction of sp³-hybridized carbons (Fsp3) is 0.500. The van der Waals surface area contributed by atoms with E-state index in [-0.39, 0.29) is 11.4 Å². The number of benzene rings is 1. The van der Waals surface area contributed by atoms with Gasteiger partial charge in [0.2, 0.25) is 5.91 Å². The van der Waals surface area contributed by atoms with Crippen LogP contribution in [0, 0.1) is 6.92 Å². The Morgan fingerprint density at radius 2 is 2.00 bits per heavy atom. The molecule has 0 aliphatic carbocycles. The number of hydrogen-bond donors (Lipinski definition) is 2. The molecule has 0 unspecified atom stereocenters. The molecule has 1 amide bonds. The van der Waals surface area contributed by atoms with E-state index in [1.807, 2.05) is 45.9 Å². The molecule has 1 aromatic carbocycles. The van der Waals surface area contributed by atoms with Gasteiger partial charge in [0.1, 0.15) is 0 Å². The molecular formula is C14H21ClN2O. The Bertz CT molecular complexity index is 424. The minimum absolute atomic E-state index is 0.0493. The molecule has 0 heterocycles. The van der Waals surface area contributed by atoms with Crippen LogP contribution < -0.4 is 10.6 Å². The zero-order valence-corrected chi connectivity index (χ0v) is 12.2. The van der Waals surface area contributed by atoms with Gasteiger partial charge in [-0.2, -0.15) is 0 Å². The molecule has 0 aromatic heterocycles. The number of anilines is 1. The average Bonchev–Trinajstić information content (AvgIpc) is 2.20. The van der Waals surface area contributed by atoms with E-state index in [2.05, 4.69) is 10.6 Å². The Labute approximate surface area is 114 Å². The second kappa shape index (κ2) is 6.10. The van der Waals surface area contributed by atoms with E-state index in [0.29, 0.717) is 13.0 Å². The van der Waals surface area contributed by atoms with Crippen molar-refractivity contribution in [2.75, 3.05) is 11.9 Å². The number of amides is 1. The Morgan fingerprint density at radius 3 is 2.56 bits per heavy atom. The Morgan fingerprint density at radius 1 is 1.33 bits per heavy atom. The Hall–Kier alpha value is -1.22. The van der Waals surface area contributed by atoms with Crippen LogP contribution in [0.25, 0.3) is 0 Å². The maximum absolute atomic E-state index is 11.6. The largest absolute Gasteiger partial charge is 0.384 e. The standard InChI is InChI=1S/C14H21ClN2O/c1-10-5-6-11(9-12(10)15)16-8-7-13(18)17-14(2,3)4/h5-6,9,16H,7-8H2,1-4H3,(H,17,18). The highest BCUT2D eigenvalue weighted by molar-refractivity contribution is 6.31. The van der Waals surface area contributed by atoms with E-state index < -0.39 is 0 Å². The normalized spacial score (nSPS) is 11.2. The van der Waals surface area contributed by atoms with Crippen molar-refractivity contribution in [1.29, 1.82) is 0 Å². The molecule has 0 spiro atoms. The van der Waals surface area contributed by atoms with Gasteiger partial charge in [-0.1, -0.05) is 17.7 Å². The summed E-state index contributed by atoms with van der Waals surface area (Å²) in [6, 6.07) is 5.79. The first-order chi connectivity index (χ1) is 8.28. The number of carbonyl (C=O) groups is 1. The van der Waals surface area contributed by atoms with Gasteiger partial charge in [0, 0.05) is 29.2 Å². The molecule has 0 saturated carbocycles. The molecule has 0 atom stereocenters. The van der Waals surface area contributed by atoms with Gasteiger partial charge >= 0.3 is 0 Å². The smallest absolute Gasteiger partial charge is 0.222 e. The summed E-state index contributed by atoms with van der Waals surface area (Å²) in [7, 11) is 0. The molecule has 18 heavy (non-hydrogen) atoms. The van der Waals surface area contributed by atoms with Gasteiger partial charge in [-0.3, -0.25) is 4.79 Å². The number of carbonyl (C=O) groups excluding carboxylic acids is 1. The van der Waals surface area contributed by atoms with Crippen LogP contribution in [0.3, 0.4) is 0 Å². The summed E-state index contributed by atoms with van der Waals surface area (Å²) < 4.78 is 0. The summed E-state index contributed by atoms with van der Waals surface area (Å²) in [5.41, 5.74) is 1.81. The zero-order valence-electron chi connectivity index (χ0n) is 11.4. The lowest BCUT2D eigenvalue weighted by molar-refractivity contribution is -0.122. The minimum Gasteiger partial charge on any atom is -0.384 e. The summed E-state index contributed by atoms with van der Waals surface area (Å²) in [4.78, 5) is 11.6. The molecule has 1 rings (SSSR count). The summed E-state index contributed by atoms with van der Waals surface area (Å²) in [6.45, 7) is 8.47. The van der Waals surface area contributed by atoms with E-state index in [4.69, 9.17) is 11.6 Å². The van der Waals surface area contributed by atoms with Crippen molar-refractivity contribution in [2.24, 2.45) is 0 Å². The number of rotatable bonds is 4. The fourth-order valence-electron chi connectivity index (χ4n) is 1.50. The minimum atomic E-state index is -0.176. The third kappa shape index (κ3) is 5.41. The van der Waals surface area contributed by atoms with E-state index >= 15 is 0 Å². The number of aryl methyl sites for hydroxylation is 1. The quantitative estimate of drug-likeness (QED) is 0.879. The molecule has 4 heteroatoms. The van der Waals surface area contributed by atoms with Crippen LogP contribution >= 0.6 is 11.6 Å². The van der Waals surface area contributed by atoms with Crippen molar-refractivity contribution in [3.63, 3.8) is 0 Å². The van der Waals surface area contributed by atoms with Crippen molar-refractivity contribution in [3.05, 3.63) is 28.8 Å². The molecule has 0 fully saturated rings. The van der Waals surface area contributed by atoms with E-state index in [1.54, 1.807) is 0 Å². The molecule has 0 aliphatic rings. The fourth-order valence-corrected chi connectivity index (χ4v) is 1.68. The number of halogens is 1. The molecule has 0 saturated heterocycles. The van der Waals surface area contributed by atoms with Gasteiger partial charge in [0.15, 0.2) is 0 Å². The van der Waals surface area contributed by atoms with Crippen molar-refractivity contribution < 1.29 is 4.79 Å². The van der Waals surface area contributed by atoms with E-state index in [0.717, 1.165) is 16.3 Å². The average molecular weight is 269 g/mol. The second-order valence-electron chi connectivity index (χ2n) is 5.44. The Kier molecular flexibility index (Phi) is 5.03. The predicted octanol–water partition coefficient (Wildman–Crippen LogP) is 3.37. The lowest BCUT2D eigenvalue weighted by Crippen LogP contribution is -2.41. The highest BCUT2D eigenvalue weighted by Crippen LogP contribution is 2.19. The molecule has 3 nitrogen and oxygen atoms in total. The van der Waals surface area contributed by atoms with Crippen LogP contribution in [0.15, 0.2) is 18.2 Å². The van der Waals surface area contributed by atoms with Crippen LogP contribution in [-0.2, 0) is 4.79 Å². The molecule has 0 aliphatic heterocycles. The SMILES string of the molecule is Cc1ccc(NCCC(=O)NC(C)(C)C)cc1Cl. The molecule has 0 radical (unpaired) electrons. The van der Waals surface area contributed by atoms with Gasteiger partial charge in [-0.25, -0.2) is 0 Å². The number of nitrogens with one attached hydrogen (secondary N) is 2. The van der Waals surface area contributed by atoms with Gasteiger partial charge in [-0.05, 0) is 45.4 Å². The highest BCUT2D eigenvalue weighted by atomic mass is 35.5. The third-order valence-corrected chi connectivity index (χ3v) is 2.77. The summed E-state index contributed by atoms with van der Waals surface area (Å²) in [5, 5.41) is 6.84. The predicted molar refractivity (Wildman–Crippen MR) is 77.2 cm³/mol. The van der Waals surface area contributed by atoms with Crippen LogP contribution in [0.4, 0.5) is 5.69 Å². The summed E-state index contributed by atoms with van der Waals surface area (Å²) in [5.74, 6) is 0.0493. The topological polar surface area (TPSA) is 41.1 Å². The van der Waals surface area contributed by atoms with Crippen LogP contribution in [0.5, 0.6) is 0 Å². The van der Waals surface area contributed by atoms with Crippen molar-refractivity contribution >= 4 is 23.2 Å². The first-order valence-corrected chi connectivity index (χ1v) is 6.47. The van der Waals surface area contributed by atoms with E-state index in [1.165, 1.54) is 0 Å². The van der Waals surface area contributed by atoms with Crippen molar-refractivity contribution in [1.82, 2.24) is 5.32 Å². The van der Waals surface area contributed by atoms with Gasteiger partial charge in [0.05, 0.1) is 0 Å². The highest BCUT2D eigenvalue weighted by Gasteiger charge is 2.12. The maximum Gasteiger partial charge on any atom is 0.222 e. The Balaban J connectivity index is 2.38. The van der Waals surface area contributed by atoms with Crippen LogP contribution in [-0.4, -0.2) is 18.0 Å². The lowest BCUT2D eigenvalue weighted by atomic mass is 10.1. The third-order valence-electron chi connectivity index (χ3n) is 2.37. The van der Waals surface area contributed by atoms with Crippen molar-refractivity contribution in [3.8, 4) is 0 Å². The molecular weight excluding hydrogens is 248 g/mol.